The van der Waals surface area contributed by atoms with Crippen LogP contribution in [0.4, 0.5) is 0 Å². The Balaban J connectivity index is 3.22. The third-order valence-corrected chi connectivity index (χ3v) is 4.58. The molecular formula is C11H14O4S. The Bertz CT molecular complexity index is 490. The molecule has 1 unspecified atom stereocenters. The summed E-state index contributed by atoms with van der Waals surface area (Å²) < 4.78 is 28.9. The summed E-state index contributed by atoms with van der Waals surface area (Å²) >= 11 is 0. The lowest BCUT2D eigenvalue weighted by Crippen LogP contribution is -2.25. The lowest BCUT2D eigenvalue weighted by Gasteiger charge is -2.10. The van der Waals surface area contributed by atoms with Crippen molar-refractivity contribution in [3.8, 4) is 5.75 Å². The molecule has 0 aliphatic heterocycles. The molecule has 0 aromatic heterocycles. The Morgan fingerprint density at radius 1 is 1.38 bits per heavy atom. The van der Waals surface area contributed by atoms with Crippen molar-refractivity contribution in [2.75, 3.05) is 7.11 Å². The molecule has 0 radical (unpaired) electrons. The lowest BCUT2D eigenvalue weighted by atomic mass is 10.3. The van der Waals surface area contributed by atoms with E-state index in [2.05, 4.69) is 0 Å². The number of rotatable bonds is 4. The maximum Gasteiger partial charge on any atom is 0.188 e. The van der Waals surface area contributed by atoms with Crippen LogP contribution in [0.25, 0.3) is 0 Å². The van der Waals surface area contributed by atoms with Gasteiger partial charge in [-0.05, 0) is 32.0 Å². The standard InChI is InChI=1S/C11H14O4S/c1-8(12)9(2)16(13,14)11-6-4-5-10(7-11)15-3/h4-7,9H,1-3H3. The van der Waals surface area contributed by atoms with Gasteiger partial charge in [0.05, 0.1) is 12.0 Å². The Morgan fingerprint density at radius 2 is 2.00 bits per heavy atom. The number of hydrogen-bond donors (Lipinski definition) is 0. The number of carbonyl (C=O) groups is 1. The zero-order valence-corrected chi connectivity index (χ0v) is 10.2. The number of ether oxygens (including phenoxy) is 1. The highest BCUT2D eigenvalue weighted by atomic mass is 32.2. The Hall–Kier alpha value is -1.36. The third kappa shape index (κ3) is 2.41. The molecule has 0 amide bonds. The van der Waals surface area contributed by atoms with Gasteiger partial charge < -0.3 is 4.74 Å². The van der Waals surface area contributed by atoms with E-state index in [9.17, 15) is 13.2 Å². The normalized spacial score (nSPS) is 13.2. The Kier molecular flexibility index (Phi) is 3.70. The summed E-state index contributed by atoms with van der Waals surface area (Å²) in [5, 5.41) is -1.03. The van der Waals surface area contributed by atoms with Crippen LogP contribution in [0.5, 0.6) is 5.75 Å². The first kappa shape index (κ1) is 12.7. The highest BCUT2D eigenvalue weighted by molar-refractivity contribution is 7.92. The van der Waals surface area contributed by atoms with E-state index in [0.29, 0.717) is 5.75 Å². The molecule has 0 aliphatic rings. The molecule has 0 fully saturated rings. The van der Waals surface area contributed by atoms with Crippen LogP contribution < -0.4 is 4.74 Å². The highest BCUT2D eigenvalue weighted by Crippen LogP contribution is 2.21. The number of benzene rings is 1. The molecule has 0 N–H and O–H groups in total. The van der Waals surface area contributed by atoms with Gasteiger partial charge in [-0.25, -0.2) is 8.42 Å². The van der Waals surface area contributed by atoms with E-state index in [1.807, 2.05) is 0 Å². The van der Waals surface area contributed by atoms with Gasteiger partial charge in [-0.2, -0.15) is 0 Å². The van der Waals surface area contributed by atoms with Gasteiger partial charge >= 0.3 is 0 Å². The van der Waals surface area contributed by atoms with Crippen LogP contribution in [0.3, 0.4) is 0 Å². The molecule has 88 valence electrons. The van der Waals surface area contributed by atoms with E-state index >= 15 is 0 Å². The highest BCUT2D eigenvalue weighted by Gasteiger charge is 2.27. The minimum absolute atomic E-state index is 0.106. The second-order valence-corrected chi connectivity index (χ2v) is 5.75. The average Bonchev–Trinajstić information content (AvgIpc) is 2.27. The van der Waals surface area contributed by atoms with Gasteiger partial charge in [0.2, 0.25) is 0 Å². The first-order valence-electron chi connectivity index (χ1n) is 4.78. The van der Waals surface area contributed by atoms with Crippen LogP contribution in [0.2, 0.25) is 0 Å². The molecule has 5 heteroatoms. The molecule has 1 atom stereocenters. The first-order valence-corrected chi connectivity index (χ1v) is 6.32. The van der Waals surface area contributed by atoms with Crippen LogP contribution in [-0.4, -0.2) is 26.6 Å². The molecule has 0 aliphatic carbocycles. The largest absolute Gasteiger partial charge is 0.497 e. The van der Waals surface area contributed by atoms with Crippen LogP contribution >= 0.6 is 0 Å². The van der Waals surface area contributed by atoms with Crippen molar-refractivity contribution in [2.45, 2.75) is 24.0 Å². The monoisotopic (exact) mass is 242 g/mol. The van der Waals surface area contributed by atoms with Gasteiger partial charge in [-0.15, -0.1) is 0 Å². The van der Waals surface area contributed by atoms with Crippen LogP contribution in [0, 0.1) is 0 Å². The molecule has 16 heavy (non-hydrogen) atoms. The van der Waals surface area contributed by atoms with Crippen LogP contribution in [0.1, 0.15) is 13.8 Å². The summed E-state index contributed by atoms with van der Waals surface area (Å²) in [6, 6.07) is 6.10. The summed E-state index contributed by atoms with van der Waals surface area (Å²) in [7, 11) is -2.14. The zero-order valence-electron chi connectivity index (χ0n) is 9.43. The number of sulfone groups is 1. The fraction of sp³-hybridized carbons (Fsp3) is 0.364. The smallest absolute Gasteiger partial charge is 0.188 e. The first-order chi connectivity index (χ1) is 7.39. The number of ketones is 1. The predicted molar refractivity (Wildman–Crippen MR) is 60.3 cm³/mol. The predicted octanol–water partition coefficient (Wildman–Crippen LogP) is 1.45. The van der Waals surface area contributed by atoms with E-state index in [1.54, 1.807) is 12.1 Å². The van der Waals surface area contributed by atoms with Gasteiger partial charge in [0.25, 0.3) is 0 Å². The quantitative estimate of drug-likeness (QED) is 0.801. The van der Waals surface area contributed by atoms with Gasteiger partial charge in [0.15, 0.2) is 9.84 Å². The SMILES string of the molecule is COc1cccc(S(=O)(=O)C(C)C(C)=O)c1. The van der Waals surface area contributed by atoms with Crippen molar-refractivity contribution in [1.82, 2.24) is 0 Å². The van der Waals surface area contributed by atoms with Crippen molar-refractivity contribution in [1.29, 1.82) is 0 Å². The molecular weight excluding hydrogens is 228 g/mol. The maximum absolute atomic E-state index is 12.0. The molecule has 0 spiro atoms. The topological polar surface area (TPSA) is 60.4 Å². The minimum Gasteiger partial charge on any atom is -0.497 e. The van der Waals surface area contributed by atoms with Crippen LogP contribution in [0.15, 0.2) is 29.2 Å². The second-order valence-electron chi connectivity index (χ2n) is 3.48. The number of methoxy groups -OCH3 is 1. The average molecular weight is 242 g/mol. The molecule has 0 heterocycles. The third-order valence-electron chi connectivity index (χ3n) is 2.41. The molecule has 1 rings (SSSR count). The van der Waals surface area contributed by atoms with Gasteiger partial charge in [-0.1, -0.05) is 6.07 Å². The van der Waals surface area contributed by atoms with Crippen molar-refractivity contribution in [3.05, 3.63) is 24.3 Å². The molecule has 0 saturated carbocycles. The van der Waals surface area contributed by atoms with Crippen molar-refractivity contribution < 1.29 is 17.9 Å². The number of carbonyl (C=O) groups excluding carboxylic acids is 1. The van der Waals surface area contributed by atoms with Crippen molar-refractivity contribution >= 4 is 15.6 Å². The van der Waals surface area contributed by atoms with E-state index < -0.39 is 15.1 Å². The van der Waals surface area contributed by atoms with E-state index in [1.165, 1.54) is 33.1 Å². The van der Waals surface area contributed by atoms with E-state index in [-0.39, 0.29) is 10.7 Å². The summed E-state index contributed by atoms with van der Waals surface area (Å²) in [5.74, 6) is 0.0830. The summed E-state index contributed by atoms with van der Waals surface area (Å²) in [4.78, 5) is 11.2. The summed E-state index contributed by atoms with van der Waals surface area (Å²) in [5.41, 5.74) is 0. The van der Waals surface area contributed by atoms with E-state index in [0.717, 1.165) is 0 Å². The van der Waals surface area contributed by atoms with Crippen LogP contribution in [-0.2, 0) is 14.6 Å². The van der Waals surface area contributed by atoms with Gasteiger partial charge in [0, 0.05) is 0 Å². The Morgan fingerprint density at radius 3 is 2.50 bits per heavy atom. The number of hydrogen-bond acceptors (Lipinski definition) is 4. The van der Waals surface area contributed by atoms with Crippen molar-refractivity contribution in [3.63, 3.8) is 0 Å². The summed E-state index contributed by atoms with van der Waals surface area (Å²) in [6.07, 6.45) is 0. The Labute approximate surface area is 95.2 Å². The van der Waals surface area contributed by atoms with Crippen molar-refractivity contribution in [2.24, 2.45) is 0 Å². The van der Waals surface area contributed by atoms with Gasteiger partial charge in [-0.3, -0.25) is 4.79 Å². The fourth-order valence-corrected chi connectivity index (χ4v) is 2.59. The number of Topliss-reactive ketones (excluding diaryl/α,β-unsaturated/α-hetero) is 1. The minimum atomic E-state index is -3.60. The molecule has 0 saturated heterocycles. The zero-order chi connectivity index (χ0) is 12.3. The van der Waals surface area contributed by atoms with E-state index in [4.69, 9.17) is 4.74 Å². The fourth-order valence-electron chi connectivity index (χ4n) is 1.20. The molecule has 4 nitrogen and oxygen atoms in total. The molecule has 1 aromatic carbocycles. The molecule has 0 bridgehead atoms. The lowest BCUT2D eigenvalue weighted by molar-refractivity contribution is -0.116. The maximum atomic E-state index is 12.0. The van der Waals surface area contributed by atoms with Gasteiger partial charge in [0.1, 0.15) is 16.8 Å². The molecule has 1 aromatic rings. The second kappa shape index (κ2) is 4.65. The summed E-state index contributed by atoms with van der Waals surface area (Å²) in [6.45, 7) is 2.65.